The van der Waals surface area contributed by atoms with Gasteiger partial charge in [0, 0.05) is 18.8 Å². The number of aromatic nitrogens is 1. The van der Waals surface area contributed by atoms with E-state index in [1.807, 2.05) is 25.9 Å². The molecular formula is C14H20N4O. The number of carbonyl (C=O) groups is 1. The van der Waals surface area contributed by atoms with Gasteiger partial charge in [-0.3, -0.25) is 4.79 Å². The second-order valence-corrected chi connectivity index (χ2v) is 4.43. The maximum Gasteiger partial charge on any atom is 0.271 e. The standard InChI is InChI=1S/C14H20N4O/c1-11(18(2)3)10-17-14(19)13-12(6-4-8-15)7-5-9-16-13/h5,7,9,11H,8,10,15H2,1-3H3,(H,17,19). The first-order valence-corrected chi connectivity index (χ1v) is 6.14. The van der Waals surface area contributed by atoms with Crippen molar-refractivity contribution >= 4 is 5.91 Å². The third-order valence-corrected chi connectivity index (χ3v) is 2.79. The van der Waals surface area contributed by atoms with E-state index in [1.54, 1.807) is 18.3 Å². The summed E-state index contributed by atoms with van der Waals surface area (Å²) in [4.78, 5) is 18.2. The Bertz CT molecular complexity index is 488. The van der Waals surface area contributed by atoms with Gasteiger partial charge < -0.3 is 16.0 Å². The molecule has 1 aromatic rings. The Labute approximate surface area is 114 Å². The van der Waals surface area contributed by atoms with E-state index >= 15 is 0 Å². The van der Waals surface area contributed by atoms with Gasteiger partial charge in [0.2, 0.25) is 0 Å². The number of nitrogens with one attached hydrogen (secondary N) is 1. The Morgan fingerprint density at radius 1 is 1.58 bits per heavy atom. The highest BCUT2D eigenvalue weighted by Crippen LogP contribution is 2.03. The van der Waals surface area contributed by atoms with Crippen molar-refractivity contribution in [3.8, 4) is 11.8 Å². The lowest BCUT2D eigenvalue weighted by Gasteiger charge is -2.19. The van der Waals surface area contributed by atoms with Gasteiger partial charge >= 0.3 is 0 Å². The highest BCUT2D eigenvalue weighted by atomic mass is 16.1. The van der Waals surface area contributed by atoms with Gasteiger partial charge in [-0.15, -0.1) is 0 Å². The first-order valence-electron chi connectivity index (χ1n) is 6.14. The molecule has 5 heteroatoms. The number of carbonyl (C=O) groups excluding carboxylic acids is 1. The number of hydrogen-bond acceptors (Lipinski definition) is 4. The summed E-state index contributed by atoms with van der Waals surface area (Å²) in [5.74, 6) is 5.38. The minimum atomic E-state index is -0.212. The van der Waals surface area contributed by atoms with Crippen LogP contribution in [-0.2, 0) is 0 Å². The summed E-state index contributed by atoms with van der Waals surface area (Å²) in [6, 6.07) is 3.77. The Balaban J connectivity index is 2.77. The highest BCUT2D eigenvalue weighted by Gasteiger charge is 2.13. The minimum absolute atomic E-state index is 0.212. The lowest BCUT2D eigenvalue weighted by molar-refractivity contribution is 0.0938. The van der Waals surface area contributed by atoms with E-state index in [1.165, 1.54) is 0 Å². The Kier molecular flexibility index (Phi) is 6.00. The molecular weight excluding hydrogens is 240 g/mol. The molecule has 0 aliphatic rings. The van der Waals surface area contributed by atoms with Crippen LogP contribution in [-0.4, -0.2) is 49.0 Å². The molecule has 0 aliphatic carbocycles. The largest absolute Gasteiger partial charge is 0.349 e. The monoisotopic (exact) mass is 260 g/mol. The summed E-state index contributed by atoms with van der Waals surface area (Å²) in [5, 5.41) is 2.85. The van der Waals surface area contributed by atoms with Crippen LogP contribution in [0.1, 0.15) is 23.0 Å². The van der Waals surface area contributed by atoms with Crippen LogP contribution >= 0.6 is 0 Å². The molecule has 0 aliphatic heterocycles. The topological polar surface area (TPSA) is 71.2 Å². The zero-order valence-electron chi connectivity index (χ0n) is 11.6. The predicted octanol–water partition coefficient (Wildman–Crippen LogP) is 0.0717. The van der Waals surface area contributed by atoms with E-state index in [2.05, 4.69) is 22.1 Å². The number of likely N-dealkylation sites (N-methyl/N-ethyl adjacent to an activating group) is 1. The van der Waals surface area contributed by atoms with Gasteiger partial charge in [-0.05, 0) is 33.2 Å². The molecule has 3 N–H and O–H groups in total. The molecule has 1 rings (SSSR count). The summed E-state index contributed by atoms with van der Waals surface area (Å²) < 4.78 is 0. The smallest absolute Gasteiger partial charge is 0.271 e. The molecule has 0 radical (unpaired) electrons. The van der Waals surface area contributed by atoms with Crippen LogP contribution in [0.15, 0.2) is 18.3 Å². The van der Waals surface area contributed by atoms with Crippen LogP contribution in [0.5, 0.6) is 0 Å². The molecule has 19 heavy (non-hydrogen) atoms. The van der Waals surface area contributed by atoms with Crippen molar-refractivity contribution in [3.63, 3.8) is 0 Å². The molecule has 5 nitrogen and oxygen atoms in total. The molecule has 1 amide bonds. The fraction of sp³-hybridized carbons (Fsp3) is 0.429. The van der Waals surface area contributed by atoms with Crippen molar-refractivity contribution in [1.29, 1.82) is 0 Å². The predicted molar refractivity (Wildman–Crippen MR) is 75.7 cm³/mol. The maximum absolute atomic E-state index is 12.1. The molecule has 0 fully saturated rings. The molecule has 0 spiro atoms. The van der Waals surface area contributed by atoms with Gasteiger partial charge in [-0.25, -0.2) is 4.98 Å². The van der Waals surface area contributed by atoms with E-state index in [-0.39, 0.29) is 18.5 Å². The number of rotatable bonds is 4. The van der Waals surface area contributed by atoms with Crippen LogP contribution in [0.3, 0.4) is 0 Å². The fourth-order valence-electron chi connectivity index (χ4n) is 1.34. The van der Waals surface area contributed by atoms with E-state index in [9.17, 15) is 4.79 Å². The van der Waals surface area contributed by atoms with E-state index in [4.69, 9.17) is 5.73 Å². The van der Waals surface area contributed by atoms with Gasteiger partial charge in [0.25, 0.3) is 5.91 Å². The zero-order chi connectivity index (χ0) is 14.3. The lowest BCUT2D eigenvalue weighted by atomic mass is 10.2. The number of nitrogens with two attached hydrogens (primary N) is 1. The van der Waals surface area contributed by atoms with E-state index < -0.39 is 0 Å². The number of amides is 1. The van der Waals surface area contributed by atoms with Crippen molar-refractivity contribution < 1.29 is 4.79 Å². The SMILES string of the molecule is CC(CNC(=O)c1ncccc1C#CCN)N(C)C. The average molecular weight is 260 g/mol. The molecule has 0 aromatic carbocycles. The Morgan fingerprint density at radius 3 is 2.95 bits per heavy atom. The van der Waals surface area contributed by atoms with Crippen LogP contribution < -0.4 is 11.1 Å². The van der Waals surface area contributed by atoms with Crippen molar-refractivity contribution in [3.05, 3.63) is 29.6 Å². The average Bonchev–Trinajstić information content (AvgIpc) is 2.42. The Hall–Kier alpha value is -1.90. The first-order chi connectivity index (χ1) is 9.06. The van der Waals surface area contributed by atoms with Gasteiger partial charge in [0.15, 0.2) is 0 Å². The van der Waals surface area contributed by atoms with Crippen molar-refractivity contribution in [2.45, 2.75) is 13.0 Å². The van der Waals surface area contributed by atoms with Crippen molar-refractivity contribution in [2.75, 3.05) is 27.2 Å². The number of nitrogens with zero attached hydrogens (tertiary/aromatic N) is 2. The van der Waals surface area contributed by atoms with Crippen molar-refractivity contribution in [1.82, 2.24) is 15.2 Å². The van der Waals surface area contributed by atoms with E-state index in [0.29, 0.717) is 17.8 Å². The normalized spacial score (nSPS) is 11.6. The van der Waals surface area contributed by atoms with Crippen LogP contribution in [0.4, 0.5) is 0 Å². The van der Waals surface area contributed by atoms with Gasteiger partial charge in [0.1, 0.15) is 5.69 Å². The third-order valence-electron chi connectivity index (χ3n) is 2.79. The number of hydrogen-bond donors (Lipinski definition) is 2. The third kappa shape index (κ3) is 4.70. The molecule has 1 atom stereocenters. The Morgan fingerprint density at radius 2 is 2.32 bits per heavy atom. The molecule has 1 heterocycles. The minimum Gasteiger partial charge on any atom is -0.349 e. The number of pyridine rings is 1. The lowest BCUT2D eigenvalue weighted by Crippen LogP contribution is -2.38. The summed E-state index contributed by atoms with van der Waals surface area (Å²) in [7, 11) is 3.94. The zero-order valence-corrected chi connectivity index (χ0v) is 11.6. The van der Waals surface area contributed by atoms with Crippen LogP contribution in [0.2, 0.25) is 0 Å². The highest BCUT2D eigenvalue weighted by molar-refractivity contribution is 5.94. The molecule has 0 saturated carbocycles. The second kappa shape index (κ2) is 7.52. The van der Waals surface area contributed by atoms with Crippen molar-refractivity contribution in [2.24, 2.45) is 5.73 Å². The van der Waals surface area contributed by atoms with Crippen LogP contribution in [0.25, 0.3) is 0 Å². The van der Waals surface area contributed by atoms with Crippen LogP contribution in [0, 0.1) is 11.8 Å². The van der Waals surface area contributed by atoms with Gasteiger partial charge in [-0.2, -0.15) is 0 Å². The second-order valence-electron chi connectivity index (χ2n) is 4.43. The molecule has 0 bridgehead atoms. The summed E-state index contributed by atoms with van der Waals surface area (Å²) in [6.07, 6.45) is 1.58. The summed E-state index contributed by atoms with van der Waals surface area (Å²) >= 11 is 0. The molecule has 102 valence electrons. The fourth-order valence-corrected chi connectivity index (χ4v) is 1.34. The molecule has 1 unspecified atom stereocenters. The van der Waals surface area contributed by atoms with Gasteiger partial charge in [0.05, 0.1) is 12.1 Å². The molecule has 1 aromatic heterocycles. The first kappa shape index (κ1) is 15.2. The van der Waals surface area contributed by atoms with E-state index in [0.717, 1.165) is 0 Å². The summed E-state index contributed by atoms with van der Waals surface area (Å²) in [5.41, 5.74) is 6.28. The maximum atomic E-state index is 12.1. The quantitative estimate of drug-likeness (QED) is 0.752. The summed E-state index contributed by atoms with van der Waals surface area (Å²) in [6.45, 7) is 2.85. The molecule has 0 saturated heterocycles. The van der Waals surface area contributed by atoms with Gasteiger partial charge in [-0.1, -0.05) is 11.8 Å².